The lowest BCUT2D eigenvalue weighted by molar-refractivity contribution is 0.730. The molecule has 0 amide bonds. The van der Waals surface area contributed by atoms with Crippen molar-refractivity contribution in [2.45, 2.75) is 23.1 Å². The van der Waals surface area contributed by atoms with E-state index in [1.165, 1.54) is 9.77 Å². The van der Waals surface area contributed by atoms with Crippen LogP contribution in [0.5, 0.6) is 0 Å². The molecule has 0 spiro atoms. The van der Waals surface area contributed by atoms with Gasteiger partial charge in [0.1, 0.15) is 0 Å². The van der Waals surface area contributed by atoms with E-state index in [0.717, 1.165) is 4.34 Å². The third-order valence-corrected chi connectivity index (χ3v) is 5.21. The predicted octanol–water partition coefficient (Wildman–Crippen LogP) is 3.98. The minimum atomic E-state index is 0.0721. The summed E-state index contributed by atoms with van der Waals surface area (Å²) in [5, 5.41) is 0.231. The van der Waals surface area contributed by atoms with E-state index in [4.69, 9.17) is 17.3 Å². The van der Waals surface area contributed by atoms with E-state index in [-0.39, 0.29) is 11.3 Å². The molecule has 2 aromatic heterocycles. The lowest BCUT2D eigenvalue weighted by Crippen LogP contribution is -2.21. The highest BCUT2D eigenvalue weighted by Crippen LogP contribution is 2.40. The minimum Gasteiger partial charge on any atom is -0.327 e. The molecule has 0 bridgehead atoms. The van der Waals surface area contributed by atoms with Crippen molar-refractivity contribution in [2.75, 3.05) is 0 Å². The molecule has 0 aliphatic carbocycles. The summed E-state index contributed by atoms with van der Waals surface area (Å²) in [6, 6.07) is 8.03. The summed E-state index contributed by atoms with van der Waals surface area (Å²) in [5.41, 5.74) is 6.05. The monoisotopic (exact) mass is 284 g/mol. The number of thiophene rings is 1. The third kappa shape index (κ3) is 3.45. The highest BCUT2D eigenvalue weighted by atomic mass is 35.5. The largest absolute Gasteiger partial charge is 0.327 e. The van der Waals surface area contributed by atoms with Crippen molar-refractivity contribution in [3.05, 3.63) is 45.9 Å². The molecular formula is C12H13ClN2S2. The molecule has 2 rings (SSSR count). The van der Waals surface area contributed by atoms with Crippen molar-refractivity contribution in [3.63, 3.8) is 0 Å². The molecule has 0 aromatic carbocycles. The van der Waals surface area contributed by atoms with E-state index in [0.29, 0.717) is 0 Å². The van der Waals surface area contributed by atoms with Gasteiger partial charge < -0.3 is 5.73 Å². The van der Waals surface area contributed by atoms with Crippen molar-refractivity contribution in [1.82, 2.24) is 4.98 Å². The Balaban J connectivity index is 2.19. The smallest absolute Gasteiger partial charge is 0.0931 e. The minimum absolute atomic E-state index is 0.0721. The van der Waals surface area contributed by atoms with E-state index in [9.17, 15) is 0 Å². The maximum Gasteiger partial charge on any atom is 0.0931 e. The molecule has 0 saturated carbocycles. The summed E-state index contributed by atoms with van der Waals surface area (Å²) >= 11 is 9.31. The number of hydrogen-bond donors (Lipinski definition) is 1. The quantitative estimate of drug-likeness (QED) is 0.863. The molecule has 0 radical (unpaired) electrons. The van der Waals surface area contributed by atoms with Crippen molar-refractivity contribution in [2.24, 2.45) is 5.73 Å². The highest BCUT2D eigenvalue weighted by Gasteiger charge is 2.19. The molecule has 2 aromatic rings. The molecule has 2 heterocycles. The highest BCUT2D eigenvalue weighted by molar-refractivity contribution is 7.99. The summed E-state index contributed by atoms with van der Waals surface area (Å²) in [4.78, 5) is 6.40. The Morgan fingerprint density at radius 1 is 1.29 bits per heavy atom. The fourth-order valence-corrected chi connectivity index (χ4v) is 3.90. The summed E-state index contributed by atoms with van der Waals surface area (Å²) < 4.78 is 0.806. The van der Waals surface area contributed by atoms with Gasteiger partial charge in [0.15, 0.2) is 0 Å². The number of nitrogens with zero attached hydrogens (tertiary/aromatic N) is 1. The lowest BCUT2D eigenvalue weighted by Gasteiger charge is -2.18. The van der Waals surface area contributed by atoms with E-state index in [1.54, 1.807) is 35.5 Å². The van der Waals surface area contributed by atoms with E-state index < -0.39 is 0 Å². The topological polar surface area (TPSA) is 38.9 Å². The van der Waals surface area contributed by atoms with Crippen molar-refractivity contribution in [1.29, 1.82) is 0 Å². The number of aromatic nitrogens is 1. The Kier molecular flexibility index (Phi) is 4.45. The van der Waals surface area contributed by atoms with E-state index in [1.807, 2.05) is 25.1 Å². The van der Waals surface area contributed by atoms with Gasteiger partial charge >= 0.3 is 0 Å². The molecule has 2 nitrogen and oxygen atoms in total. The van der Waals surface area contributed by atoms with Crippen LogP contribution < -0.4 is 5.73 Å². The molecule has 2 atom stereocenters. The summed E-state index contributed by atoms with van der Waals surface area (Å²) in [5.74, 6) is 0. The summed E-state index contributed by atoms with van der Waals surface area (Å²) in [7, 11) is 0. The number of pyridine rings is 1. The molecule has 0 aliphatic heterocycles. The molecule has 90 valence electrons. The second-order valence-corrected chi connectivity index (χ2v) is 6.68. The first-order valence-electron chi connectivity index (χ1n) is 5.24. The Bertz CT molecular complexity index is 470. The normalized spacial score (nSPS) is 14.5. The van der Waals surface area contributed by atoms with Gasteiger partial charge in [-0.05, 0) is 31.2 Å². The molecule has 0 saturated heterocycles. The maximum absolute atomic E-state index is 6.05. The second-order valence-electron chi connectivity index (χ2n) is 3.72. The molecule has 17 heavy (non-hydrogen) atoms. The SMILES string of the molecule is CC(N)C(Sc1ccncc1)c1ccc(Cl)s1. The van der Waals surface area contributed by atoms with Gasteiger partial charge in [-0.15, -0.1) is 23.1 Å². The fraction of sp³-hybridized carbons (Fsp3) is 0.250. The van der Waals surface area contributed by atoms with Crippen LogP contribution >= 0.6 is 34.7 Å². The van der Waals surface area contributed by atoms with Crippen LogP contribution in [-0.4, -0.2) is 11.0 Å². The van der Waals surface area contributed by atoms with Crippen LogP contribution in [0.2, 0.25) is 4.34 Å². The van der Waals surface area contributed by atoms with Gasteiger partial charge in [0.2, 0.25) is 0 Å². The zero-order valence-electron chi connectivity index (χ0n) is 9.34. The average Bonchev–Trinajstić information content (AvgIpc) is 2.73. The van der Waals surface area contributed by atoms with Crippen LogP contribution in [0.4, 0.5) is 0 Å². The zero-order valence-corrected chi connectivity index (χ0v) is 11.7. The predicted molar refractivity (Wildman–Crippen MR) is 75.8 cm³/mol. The number of rotatable bonds is 4. The maximum atomic E-state index is 6.05. The van der Waals surface area contributed by atoms with Gasteiger partial charge in [-0.25, -0.2) is 0 Å². The molecular weight excluding hydrogens is 272 g/mol. The molecule has 0 aliphatic rings. The van der Waals surface area contributed by atoms with Crippen molar-refractivity contribution >= 4 is 34.7 Å². The number of thioether (sulfide) groups is 1. The zero-order chi connectivity index (χ0) is 12.3. The third-order valence-electron chi connectivity index (χ3n) is 2.26. The van der Waals surface area contributed by atoms with E-state index >= 15 is 0 Å². The van der Waals surface area contributed by atoms with Crippen molar-refractivity contribution in [3.8, 4) is 0 Å². The number of hydrogen-bond acceptors (Lipinski definition) is 4. The first-order valence-corrected chi connectivity index (χ1v) is 7.31. The number of nitrogens with two attached hydrogens (primary N) is 1. The Hall–Kier alpha value is -0.550. The van der Waals surface area contributed by atoms with Crippen LogP contribution in [0.15, 0.2) is 41.6 Å². The first-order chi connectivity index (χ1) is 8.16. The van der Waals surface area contributed by atoms with E-state index in [2.05, 4.69) is 11.1 Å². The van der Waals surface area contributed by atoms with Gasteiger partial charge in [0, 0.05) is 28.2 Å². The molecule has 5 heteroatoms. The van der Waals surface area contributed by atoms with Crippen LogP contribution in [0.25, 0.3) is 0 Å². The van der Waals surface area contributed by atoms with Crippen LogP contribution in [-0.2, 0) is 0 Å². The van der Waals surface area contributed by atoms with Gasteiger partial charge in [-0.3, -0.25) is 4.98 Å². The Morgan fingerprint density at radius 2 is 2.00 bits per heavy atom. The average molecular weight is 285 g/mol. The second kappa shape index (κ2) is 5.87. The number of halogens is 1. The summed E-state index contributed by atoms with van der Waals surface area (Å²) in [6.07, 6.45) is 3.59. The van der Waals surface area contributed by atoms with Crippen LogP contribution in [0.3, 0.4) is 0 Å². The van der Waals surface area contributed by atoms with Crippen LogP contribution in [0, 0.1) is 0 Å². The Labute approximate surface area is 114 Å². The van der Waals surface area contributed by atoms with Crippen molar-refractivity contribution < 1.29 is 0 Å². The standard InChI is InChI=1S/C12H13ClN2S2/c1-8(14)12(10-2-3-11(13)17-10)16-9-4-6-15-7-5-9/h2-8,12H,14H2,1H3. The Morgan fingerprint density at radius 3 is 2.53 bits per heavy atom. The lowest BCUT2D eigenvalue weighted by atomic mass is 10.2. The van der Waals surface area contributed by atoms with Crippen LogP contribution in [0.1, 0.15) is 17.1 Å². The van der Waals surface area contributed by atoms with Gasteiger partial charge in [0.05, 0.1) is 9.59 Å². The van der Waals surface area contributed by atoms with Gasteiger partial charge in [-0.1, -0.05) is 11.6 Å². The molecule has 2 N–H and O–H groups in total. The van der Waals surface area contributed by atoms with Gasteiger partial charge in [-0.2, -0.15) is 0 Å². The first kappa shape index (κ1) is 12.9. The summed E-state index contributed by atoms with van der Waals surface area (Å²) in [6.45, 7) is 2.02. The fourth-order valence-electron chi connectivity index (χ4n) is 1.47. The molecule has 2 unspecified atom stereocenters. The van der Waals surface area contributed by atoms with Gasteiger partial charge in [0.25, 0.3) is 0 Å². The molecule has 0 fully saturated rings.